The van der Waals surface area contributed by atoms with E-state index in [1.165, 1.54) is 23.5 Å². The number of fused-ring (bicyclic) bond motifs is 3. The number of nitrogens with zero attached hydrogens (tertiary/aromatic N) is 4. The smallest absolute Gasteiger partial charge is 0.286 e. The number of nitrogens with one attached hydrogen (secondary N) is 1. The summed E-state index contributed by atoms with van der Waals surface area (Å²) in [5.74, 6) is 0.442. The number of carbonyl (C=O) groups excluding carboxylic acids is 2. The molecule has 2 aromatic carbocycles. The van der Waals surface area contributed by atoms with Gasteiger partial charge < -0.3 is 14.4 Å². The van der Waals surface area contributed by atoms with Crippen LogP contribution in [0.2, 0.25) is 5.02 Å². The minimum Gasteiger partial charge on any atom is -0.491 e. The van der Waals surface area contributed by atoms with Crippen molar-refractivity contribution in [1.82, 2.24) is 14.7 Å². The molecular formula is C36H42ClN5O5S. The van der Waals surface area contributed by atoms with E-state index in [0.29, 0.717) is 48.6 Å². The normalized spacial score (nSPS) is 25.5. The first-order valence-corrected chi connectivity index (χ1v) is 18.7. The molecule has 1 aliphatic carbocycles. The number of hydrogen-bond acceptors (Lipinski definition) is 8. The number of anilines is 1. The number of aryl methyl sites for hydroxylation is 1. The summed E-state index contributed by atoms with van der Waals surface area (Å²) in [5, 5.41) is 0.712. The number of aromatic nitrogens is 2. The van der Waals surface area contributed by atoms with E-state index < -0.39 is 21.7 Å². The topological polar surface area (TPSA) is 123 Å². The van der Waals surface area contributed by atoms with Crippen LogP contribution >= 0.6 is 11.6 Å². The van der Waals surface area contributed by atoms with Gasteiger partial charge in [0.25, 0.3) is 5.91 Å². The monoisotopic (exact) mass is 691 g/mol. The molecule has 0 spiro atoms. The van der Waals surface area contributed by atoms with Crippen molar-refractivity contribution in [2.75, 3.05) is 30.9 Å². The van der Waals surface area contributed by atoms with Gasteiger partial charge in [-0.2, -0.15) is 0 Å². The van der Waals surface area contributed by atoms with Crippen molar-refractivity contribution in [3.05, 3.63) is 94.5 Å². The second-order valence-corrected chi connectivity index (χ2v) is 15.2. The van der Waals surface area contributed by atoms with E-state index in [2.05, 4.69) is 42.2 Å². The predicted molar refractivity (Wildman–Crippen MR) is 186 cm³/mol. The summed E-state index contributed by atoms with van der Waals surface area (Å²) in [6, 6.07) is 13.0. The van der Waals surface area contributed by atoms with Crippen LogP contribution in [0.1, 0.15) is 65.8 Å². The molecule has 254 valence electrons. The van der Waals surface area contributed by atoms with Crippen molar-refractivity contribution < 1.29 is 23.3 Å². The highest BCUT2D eigenvalue weighted by Gasteiger charge is 2.38. The lowest BCUT2D eigenvalue weighted by atomic mass is 9.70. The fraction of sp³-hybridized carbons (Fsp3) is 0.444. The predicted octanol–water partition coefficient (Wildman–Crippen LogP) is 6.13. The van der Waals surface area contributed by atoms with Gasteiger partial charge in [-0.25, -0.2) is 14.2 Å². The fourth-order valence-electron chi connectivity index (χ4n) is 6.70. The van der Waals surface area contributed by atoms with Gasteiger partial charge in [-0.15, -0.1) is 4.36 Å². The van der Waals surface area contributed by atoms with Gasteiger partial charge in [-0.1, -0.05) is 29.8 Å². The molecule has 0 radical (unpaired) electrons. The zero-order valence-corrected chi connectivity index (χ0v) is 28.8. The van der Waals surface area contributed by atoms with Crippen LogP contribution in [0, 0.1) is 11.8 Å². The number of allylic oxidation sites excluding steroid dienone is 1. The Hall–Kier alpha value is -3.80. The Kier molecular flexibility index (Phi) is 11.1. The third kappa shape index (κ3) is 8.43. The van der Waals surface area contributed by atoms with Crippen molar-refractivity contribution in [2.45, 2.75) is 64.0 Å². The Balaban J connectivity index is 1.41. The number of rotatable bonds is 4. The lowest BCUT2D eigenvalue weighted by Gasteiger charge is -2.43. The molecule has 6 rings (SSSR count). The number of carbonyl (C=O) groups is 2. The summed E-state index contributed by atoms with van der Waals surface area (Å²) < 4.78 is 33.2. The largest absolute Gasteiger partial charge is 0.491 e. The summed E-state index contributed by atoms with van der Waals surface area (Å²) in [6.07, 6.45) is 12.9. The second-order valence-electron chi connectivity index (χ2n) is 12.7. The second kappa shape index (κ2) is 15.6. The molecule has 1 aromatic heterocycles. The molecule has 10 nitrogen and oxygen atoms in total. The van der Waals surface area contributed by atoms with Crippen LogP contribution in [0.3, 0.4) is 0 Å². The Labute approximate surface area is 287 Å². The van der Waals surface area contributed by atoms with E-state index in [0.717, 1.165) is 44.3 Å². The molecule has 2 bridgehead atoms. The standard InChI is InChI=1S/C36H42ClN5O5S/c1-46-32-9-3-2-6-19-48(45,40-35(43)22-34-38-16-7-17-39-34)41-36(44)26-12-15-33-31(21-26)42(24-28-11-14-30(28)32)23-27-10-13-29(37)20-25(27)8-4-5-18-47-33/h3,7,9-10,12-13,15-17,20-21,28,30,32H,2,4-6,8,11,14,18-19,22-24H2,1H3,(H,40,41,43,44,45)/b9-3+/t28-,30+,32-,48?/m0/s1. The quantitative estimate of drug-likeness (QED) is 0.325. The summed E-state index contributed by atoms with van der Waals surface area (Å²) in [7, 11) is -1.73. The van der Waals surface area contributed by atoms with Crippen LogP contribution in [0.5, 0.6) is 5.75 Å². The molecule has 3 aliphatic rings. The van der Waals surface area contributed by atoms with E-state index >= 15 is 0 Å². The molecule has 1 fully saturated rings. The molecule has 2 aliphatic heterocycles. The molecule has 1 N–H and O–H groups in total. The van der Waals surface area contributed by atoms with Crippen LogP contribution in [-0.2, 0) is 38.8 Å². The lowest BCUT2D eigenvalue weighted by Crippen LogP contribution is -2.43. The van der Waals surface area contributed by atoms with Crippen LogP contribution < -0.4 is 14.4 Å². The van der Waals surface area contributed by atoms with E-state index in [4.69, 9.17) is 21.1 Å². The number of amides is 2. The third-order valence-corrected chi connectivity index (χ3v) is 11.4. The average molecular weight is 692 g/mol. The molecule has 0 saturated heterocycles. The van der Waals surface area contributed by atoms with Crippen molar-refractivity contribution >= 4 is 39.0 Å². The number of halogens is 1. The van der Waals surface area contributed by atoms with Crippen molar-refractivity contribution in [2.24, 2.45) is 16.2 Å². The first-order valence-electron chi connectivity index (χ1n) is 16.6. The minimum absolute atomic E-state index is 0.00763. The fourth-order valence-corrected chi connectivity index (χ4v) is 8.49. The third-order valence-electron chi connectivity index (χ3n) is 9.36. The average Bonchev–Trinajstić information content (AvgIpc) is 3.08. The zero-order valence-electron chi connectivity index (χ0n) is 27.2. The van der Waals surface area contributed by atoms with Gasteiger partial charge in [0, 0.05) is 43.2 Å². The Morgan fingerprint density at radius 3 is 2.75 bits per heavy atom. The van der Waals surface area contributed by atoms with Crippen molar-refractivity contribution in [1.29, 1.82) is 0 Å². The molecule has 12 heteroatoms. The van der Waals surface area contributed by atoms with E-state index in [9.17, 15) is 13.8 Å². The van der Waals surface area contributed by atoms with Crippen LogP contribution in [0.15, 0.2) is 71.4 Å². The highest BCUT2D eigenvalue weighted by Crippen LogP contribution is 2.42. The van der Waals surface area contributed by atoms with Gasteiger partial charge in [-0.05, 0) is 104 Å². The molecule has 3 aromatic rings. The molecular weight excluding hydrogens is 650 g/mol. The van der Waals surface area contributed by atoms with Crippen LogP contribution in [0.4, 0.5) is 5.69 Å². The number of benzene rings is 2. The summed E-state index contributed by atoms with van der Waals surface area (Å²) in [5.41, 5.74) is 3.43. The highest BCUT2D eigenvalue weighted by atomic mass is 35.5. The minimum atomic E-state index is -3.47. The highest BCUT2D eigenvalue weighted by molar-refractivity contribution is 7.92. The van der Waals surface area contributed by atoms with Gasteiger partial charge in [0.05, 0.1) is 30.6 Å². The number of hydrogen-bond donors (Lipinski definition) is 1. The summed E-state index contributed by atoms with van der Waals surface area (Å²) in [6.45, 7) is 1.87. The van der Waals surface area contributed by atoms with Crippen LogP contribution in [0.25, 0.3) is 0 Å². The zero-order chi connectivity index (χ0) is 33.5. The molecule has 1 unspecified atom stereocenters. The molecule has 4 atom stereocenters. The maximum Gasteiger partial charge on any atom is 0.286 e. The first kappa shape index (κ1) is 34.1. The lowest BCUT2D eigenvalue weighted by molar-refractivity contribution is -0.118. The summed E-state index contributed by atoms with van der Waals surface area (Å²) >= 11 is 6.44. The number of ether oxygens (including phenoxy) is 2. The van der Waals surface area contributed by atoms with Gasteiger partial charge >= 0.3 is 0 Å². The van der Waals surface area contributed by atoms with E-state index in [1.807, 2.05) is 12.1 Å². The molecule has 3 heterocycles. The van der Waals surface area contributed by atoms with E-state index in [-0.39, 0.29) is 29.7 Å². The number of methoxy groups -OCH3 is 1. The maximum absolute atomic E-state index is 14.2. The first-order chi connectivity index (χ1) is 23.3. The van der Waals surface area contributed by atoms with Gasteiger partial charge in [0.1, 0.15) is 21.5 Å². The maximum atomic E-state index is 14.2. The molecule has 48 heavy (non-hydrogen) atoms. The molecule has 2 amide bonds. The van der Waals surface area contributed by atoms with Gasteiger partial charge in [0.15, 0.2) is 0 Å². The van der Waals surface area contributed by atoms with Crippen molar-refractivity contribution in [3.8, 4) is 5.75 Å². The van der Waals surface area contributed by atoms with Crippen molar-refractivity contribution in [3.63, 3.8) is 0 Å². The summed E-state index contributed by atoms with van der Waals surface area (Å²) in [4.78, 5) is 37.3. The molecule has 1 saturated carbocycles. The Morgan fingerprint density at radius 2 is 1.96 bits per heavy atom. The Bertz CT molecular complexity index is 1780. The van der Waals surface area contributed by atoms with Gasteiger partial charge in [-0.3, -0.25) is 14.3 Å². The van der Waals surface area contributed by atoms with Crippen LogP contribution in [-0.4, -0.2) is 58.1 Å². The van der Waals surface area contributed by atoms with E-state index in [1.54, 1.807) is 31.4 Å². The Morgan fingerprint density at radius 1 is 1.10 bits per heavy atom. The SMILES string of the molecule is CO[C@H]1/C=C/CCCS(=O)(NC(=O)Cc2ncccn2)=NC(=O)c2ccc3c(c2)N(Cc2ccc(Cl)cc2CCCCO3)C[C@@H]2CC[C@H]21. The van der Waals surface area contributed by atoms with Gasteiger partial charge in [0.2, 0.25) is 5.91 Å².